The van der Waals surface area contributed by atoms with Crippen molar-refractivity contribution in [2.75, 3.05) is 33.4 Å². The second-order valence-electron chi connectivity index (χ2n) is 7.62. The quantitative estimate of drug-likeness (QED) is 0.515. The van der Waals surface area contributed by atoms with Crippen molar-refractivity contribution in [2.45, 2.75) is 63.4 Å². The molecule has 0 spiro atoms. The summed E-state index contributed by atoms with van der Waals surface area (Å²) in [6, 6.07) is 1.21. The first-order valence-corrected chi connectivity index (χ1v) is 12.3. The number of aliphatic hydroxyl groups excluding tert-OH is 1. The summed E-state index contributed by atoms with van der Waals surface area (Å²) in [5.74, 6) is -0.437. The van der Waals surface area contributed by atoms with Crippen LogP contribution < -0.4 is 11.2 Å². The monoisotopic (exact) mass is 461 g/mol. The second-order valence-corrected chi connectivity index (χ2v) is 9.81. The average molecular weight is 461 g/mol. The Morgan fingerprint density at radius 1 is 1.26 bits per heavy atom. The van der Waals surface area contributed by atoms with E-state index in [1.807, 2.05) is 4.90 Å². The van der Waals surface area contributed by atoms with Crippen LogP contribution >= 0.6 is 7.60 Å². The van der Waals surface area contributed by atoms with Crippen LogP contribution in [0.2, 0.25) is 0 Å². The molecule has 2 aliphatic heterocycles. The lowest BCUT2D eigenvalue weighted by Gasteiger charge is -2.40. The molecule has 1 aromatic heterocycles. The van der Waals surface area contributed by atoms with E-state index >= 15 is 0 Å². The number of aromatic amines is 1. The van der Waals surface area contributed by atoms with Crippen LogP contribution in [-0.4, -0.2) is 77.1 Å². The Kier molecular flexibility index (Phi) is 8.25. The fraction of sp³-hybridized carbons (Fsp3) is 0.789. The van der Waals surface area contributed by atoms with Crippen molar-refractivity contribution in [3.63, 3.8) is 0 Å². The van der Waals surface area contributed by atoms with Gasteiger partial charge in [-0.2, -0.15) is 0 Å². The third-order valence-electron chi connectivity index (χ3n) is 5.69. The lowest BCUT2D eigenvalue weighted by Crippen LogP contribution is -2.47. The number of hydrogen-bond donors (Lipinski definition) is 2. The van der Waals surface area contributed by atoms with E-state index in [4.69, 9.17) is 18.5 Å². The first-order chi connectivity index (χ1) is 14.8. The van der Waals surface area contributed by atoms with Gasteiger partial charge in [-0.05, 0) is 39.7 Å². The first kappa shape index (κ1) is 24.3. The maximum atomic E-state index is 13.4. The summed E-state index contributed by atoms with van der Waals surface area (Å²) in [5.41, 5.74) is -1.18. The van der Waals surface area contributed by atoms with Gasteiger partial charge in [0.05, 0.1) is 13.2 Å². The minimum Gasteiger partial charge on any atom is -0.387 e. The predicted molar refractivity (Wildman–Crippen MR) is 112 cm³/mol. The topological polar surface area (TPSA) is 132 Å². The van der Waals surface area contributed by atoms with Crippen LogP contribution in [0.15, 0.2) is 21.9 Å². The lowest BCUT2D eigenvalue weighted by atomic mass is 10.1. The average Bonchev–Trinajstić information content (AvgIpc) is 3.03. The molecule has 5 atom stereocenters. The molecule has 0 radical (unpaired) electrons. The Bertz CT molecular complexity index is 879. The van der Waals surface area contributed by atoms with E-state index in [0.29, 0.717) is 13.0 Å². The Labute approximate surface area is 180 Å². The summed E-state index contributed by atoms with van der Waals surface area (Å²) in [5, 5.41) is 10.9. The number of H-pyrrole nitrogens is 1. The number of rotatable bonds is 9. The van der Waals surface area contributed by atoms with Crippen LogP contribution in [0.1, 0.15) is 39.3 Å². The number of nitrogens with zero attached hydrogens (tertiary/aromatic N) is 2. The Morgan fingerprint density at radius 3 is 2.58 bits per heavy atom. The lowest BCUT2D eigenvalue weighted by molar-refractivity contribution is -0.0605. The number of nitrogens with one attached hydrogen (secondary N) is 1. The van der Waals surface area contributed by atoms with Gasteiger partial charge >= 0.3 is 13.3 Å². The summed E-state index contributed by atoms with van der Waals surface area (Å²) < 4.78 is 37.2. The van der Waals surface area contributed by atoms with Gasteiger partial charge in [0.15, 0.2) is 6.23 Å². The van der Waals surface area contributed by atoms with Crippen molar-refractivity contribution >= 4 is 7.60 Å². The maximum absolute atomic E-state index is 13.4. The molecule has 2 saturated heterocycles. The zero-order valence-corrected chi connectivity index (χ0v) is 19.0. The molecule has 12 heteroatoms. The molecule has 0 aliphatic carbocycles. The molecule has 0 aromatic carbocycles. The molecule has 11 nitrogen and oxygen atoms in total. The molecule has 31 heavy (non-hydrogen) atoms. The van der Waals surface area contributed by atoms with Gasteiger partial charge < -0.3 is 23.6 Å². The number of likely N-dealkylation sites (tertiary alicyclic amines) is 1. The number of aromatic nitrogens is 2. The standard InChI is InChI=1S/C19H32N3O8P/c1-4-28-31(26,29-5-2)15-8-6-7-10-21(15)12-13-16(24)17(27-3)18(30-13)22-11-9-14(23)20-19(22)25/h9,11,13,15-18,24H,4-8,10,12H2,1-3H3,(H,20,23,25). The van der Waals surface area contributed by atoms with Crippen molar-refractivity contribution in [1.82, 2.24) is 14.5 Å². The van der Waals surface area contributed by atoms with Crippen LogP contribution in [-0.2, 0) is 23.1 Å². The molecule has 5 unspecified atom stereocenters. The first-order valence-electron chi connectivity index (χ1n) is 10.6. The van der Waals surface area contributed by atoms with Crippen molar-refractivity contribution in [3.8, 4) is 0 Å². The number of hydrogen-bond acceptors (Lipinski definition) is 9. The third kappa shape index (κ3) is 5.19. The van der Waals surface area contributed by atoms with Gasteiger partial charge in [-0.25, -0.2) is 4.79 Å². The van der Waals surface area contributed by atoms with Crippen LogP contribution in [0.4, 0.5) is 0 Å². The van der Waals surface area contributed by atoms with Crippen LogP contribution in [0, 0.1) is 0 Å². The Morgan fingerprint density at radius 2 is 1.97 bits per heavy atom. The summed E-state index contributed by atoms with van der Waals surface area (Å²) >= 11 is 0. The third-order valence-corrected chi connectivity index (χ3v) is 8.24. The molecule has 176 valence electrons. The highest BCUT2D eigenvalue weighted by Gasteiger charge is 2.48. The molecular weight excluding hydrogens is 429 g/mol. The minimum atomic E-state index is -3.37. The molecular formula is C19H32N3O8P. The van der Waals surface area contributed by atoms with E-state index in [2.05, 4.69) is 4.98 Å². The summed E-state index contributed by atoms with van der Waals surface area (Å²) in [6.07, 6.45) is 0.307. The Hall–Kier alpha value is -1.33. The maximum Gasteiger partial charge on any atom is 0.347 e. The fourth-order valence-corrected chi connectivity index (χ4v) is 6.57. The van der Waals surface area contributed by atoms with Gasteiger partial charge in [0.25, 0.3) is 5.56 Å². The molecule has 2 N–H and O–H groups in total. The van der Waals surface area contributed by atoms with E-state index in [1.54, 1.807) is 13.8 Å². The molecule has 0 amide bonds. The summed E-state index contributed by atoms with van der Waals surface area (Å²) in [4.78, 5) is 27.8. The van der Waals surface area contributed by atoms with Gasteiger partial charge in [0.2, 0.25) is 0 Å². The van der Waals surface area contributed by atoms with E-state index in [0.717, 1.165) is 12.8 Å². The highest BCUT2D eigenvalue weighted by molar-refractivity contribution is 7.54. The number of aliphatic hydroxyl groups is 1. The van der Waals surface area contributed by atoms with Crippen molar-refractivity contribution < 1.29 is 28.2 Å². The van der Waals surface area contributed by atoms with Gasteiger partial charge in [0, 0.05) is 25.9 Å². The number of ether oxygens (including phenoxy) is 2. The summed E-state index contributed by atoms with van der Waals surface area (Å²) in [7, 11) is -1.95. The SMILES string of the molecule is CCOP(=O)(OCC)C1CCCCN1CC1OC(n2ccc(=O)[nH]c2=O)C(OC)C1O. The van der Waals surface area contributed by atoms with Crippen LogP contribution in [0.3, 0.4) is 0 Å². The van der Waals surface area contributed by atoms with Crippen molar-refractivity contribution in [1.29, 1.82) is 0 Å². The highest BCUT2D eigenvalue weighted by atomic mass is 31.2. The highest BCUT2D eigenvalue weighted by Crippen LogP contribution is 2.56. The van der Waals surface area contributed by atoms with Gasteiger partial charge in [-0.15, -0.1) is 0 Å². The van der Waals surface area contributed by atoms with E-state index in [-0.39, 0.29) is 19.8 Å². The summed E-state index contributed by atoms with van der Waals surface area (Å²) in [6.45, 7) is 5.02. The molecule has 1 aromatic rings. The predicted octanol–water partition coefficient (Wildman–Crippen LogP) is 0.888. The van der Waals surface area contributed by atoms with E-state index in [9.17, 15) is 19.3 Å². The number of methoxy groups -OCH3 is 1. The van der Waals surface area contributed by atoms with E-state index in [1.165, 1.54) is 23.9 Å². The normalized spacial score (nSPS) is 30.0. The molecule has 2 fully saturated rings. The molecule has 2 aliphatic rings. The smallest absolute Gasteiger partial charge is 0.347 e. The van der Waals surface area contributed by atoms with E-state index < -0.39 is 49.2 Å². The minimum absolute atomic E-state index is 0.268. The second kappa shape index (κ2) is 10.5. The Balaban J connectivity index is 1.82. The zero-order valence-electron chi connectivity index (χ0n) is 18.1. The van der Waals surface area contributed by atoms with Gasteiger partial charge in [-0.1, -0.05) is 0 Å². The molecule has 0 bridgehead atoms. The zero-order chi connectivity index (χ0) is 22.6. The molecule has 3 heterocycles. The van der Waals surface area contributed by atoms with Crippen molar-refractivity contribution in [2.24, 2.45) is 0 Å². The molecule has 0 saturated carbocycles. The van der Waals surface area contributed by atoms with Crippen LogP contribution in [0.25, 0.3) is 0 Å². The fourth-order valence-electron chi connectivity index (χ4n) is 4.32. The largest absolute Gasteiger partial charge is 0.387 e. The number of piperidine rings is 1. The van der Waals surface area contributed by atoms with Crippen LogP contribution in [0.5, 0.6) is 0 Å². The van der Waals surface area contributed by atoms with Gasteiger partial charge in [0.1, 0.15) is 24.1 Å². The van der Waals surface area contributed by atoms with Crippen molar-refractivity contribution in [3.05, 3.63) is 33.1 Å². The van der Waals surface area contributed by atoms with Gasteiger partial charge in [-0.3, -0.25) is 23.8 Å². The molecule has 3 rings (SSSR count).